The molecule has 2 unspecified atom stereocenters. The zero-order chi connectivity index (χ0) is 17.8. The fourth-order valence-corrected chi connectivity index (χ4v) is 2.51. The van der Waals surface area contributed by atoms with Gasteiger partial charge in [-0.1, -0.05) is 20.3 Å². The van der Waals surface area contributed by atoms with Crippen LogP contribution >= 0.6 is 0 Å². The number of unbranched alkanes of at least 4 members (excludes halogenated alkanes) is 1. The maximum absolute atomic E-state index is 13.0. The van der Waals surface area contributed by atoms with E-state index in [9.17, 15) is 33.4 Å². The molecule has 7 nitrogen and oxygen atoms in total. The van der Waals surface area contributed by atoms with Crippen LogP contribution in [-0.2, 0) is 0 Å². The van der Waals surface area contributed by atoms with Gasteiger partial charge in [-0.2, -0.15) is 13.2 Å². The number of hydrogen-bond acceptors (Lipinski definition) is 5. The monoisotopic (exact) mass is 337 g/mol. The van der Waals surface area contributed by atoms with Crippen molar-refractivity contribution in [3.63, 3.8) is 0 Å². The normalized spacial score (nSPS) is 24.8. The van der Waals surface area contributed by atoms with Gasteiger partial charge in [-0.15, -0.1) is 0 Å². The number of alkyl halides is 3. The van der Waals surface area contributed by atoms with Crippen LogP contribution in [0.5, 0.6) is 0 Å². The van der Waals surface area contributed by atoms with Crippen LogP contribution in [-0.4, -0.2) is 34.1 Å². The summed E-state index contributed by atoms with van der Waals surface area (Å²) in [6.45, 7) is 3.43. The number of nitro groups is 2. The van der Waals surface area contributed by atoms with Gasteiger partial charge in [-0.25, -0.2) is 0 Å². The van der Waals surface area contributed by atoms with Crippen LogP contribution in [0.4, 0.5) is 13.2 Å². The first-order chi connectivity index (χ1) is 10.6. The summed E-state index contributed by atoms with van der Waals surface area (Å²) in [4.78, 5) is 20.8. The molecule has 0 aliphatic heterocycles. The summed E-state index contributed by atoms with van der Waals surface area (Å²) in [5.41, 5.74) is -4.42. The maximum atomic E-state index is 13.0. The minimum atomic E-state index is -4.90. The zero-order valence-electron chi connectivity index (χ0n) is 12.7. The lowest BCUT2D eigenvalue weighted by atomic mass is 9.79. The average Bonchev–Trinajstić information content (AvgIpc) is 2.45. The van der Waals surface area contributed by atoms with Crippen molar-refractivity contribution in [2.24, 2.45) is 0 Å². The predicted molar refractivity (Wildman–Crippen MR) is 75.9 cm³/mol. The van der Waals surface area contributed by atoms with Gasteiger partial charge in [-0.3, -0.25) is 25.5 Å². The van der Waals surface area contributed by atoms with E-state index < -0.39 is 38.9 Å². The molecule has 0 aromatic rings. The van der Waals surface area contributed by atoms with Crippen molar-refractivity contribution in [3.8, 4) is 0 Å². The van der Waals surface area contributed by atoms with Crippen molar-refractivity contribution in [2.75, 3.05) is 6.54 Å². The molecule has 0 amide bonds. The summed E-state index contributed by atoms with van der Waals surface area (Å²) in [6, 6.07) is -1.42. The minimum Gasteiger partial charge on any atom is -0.298 e. The SMILES string of the molecule is CCCCNC1C([N+](=O)[O-])=CC(C(F)(F)F)=CC1(CC)[N+](=O)[O-]. The molecule has 130 valence electrons. The quantitative estimate of drug-likeness (QED) is 0.437. The van der Waals surface area contributed by atoms with Crippen molar-refractivity contribution in [2.45, 2.75) is 50.9 Å². The molecule has 0 fully saturated rings. The van der Waals surface area contributed by atoms with Gasteiger partial charge in [0.15, 0.2) is 6.04 Å². The topological polar surface area (TPSA) is 98.3 Å². The Bertz CT molecular complexity index is 545. The second-order valence-electron chi connectivity index (χ2n) is 5.27. The molecule has 0 spiro atoms. The smallest absolute Gasteiger partial charge is 0.298 e. The highest BCUT2D eigenvalue weighted by molar-refractivity contribution is 5.38. The Hall–Kier alpha value is -1.97. The third-order valence-electron chi connectivity index (χ3n) is 3.83. The fraction of sp³-hybridized carbons (Fsp3) is 0.692. The molecule has 0 saturated carbocycles. The van der Waals surface area contributed by atoms with Crippen LogP contribution in [0.15, 0.2) is 23.4 Å². The van der Waals surface area contributed by atoms with E-state index in [-0.39, 0.29) is 13.0 Å². The Balaban J connectivity index is 3.44. The standard InChI is InChI=1S/C13H18F3N3O4/c1-3-5-6-17-11-10(18(20)21)7-9(13(14,15)16)8-12(11,4-2)19(22)23/h7-8,11,17H,3-6H2,1-2H3. The molecular formula is C13H18F3N3O4. The average molecular weight is 337 g/mol. The Morgan fingerprint density at radius 1 is 1.30 bits per heavy atom. The number of nitrogens with one attached hydrogen (secondary N) is 1. The lowest BCUT2D eigenvalue weighted by molar-refractivity contribution is -0.567. The van der Waals surface area contributed by atoms with E-state index in [1.165, 1.54) is 6.92 Å². The fourth-order valence-electron chi connectivity index (χ4n) is 2.51. The molecule has 0 aromatic heterocycles. The van der Waals surface area contributed by atoms with Crippen LogP contribution in [0.2, 0.25) is 0 Å². The van der Waals surface area contributed by atoms with Crippen LogP contribution in [0.25, 0.3) is 0 Å². The van der Waals surface area contributed by atoms with Crippen LogP contribution < -0.4 is 5.32 Å². The highest BCUT2D eigenvalue weighted by Gasteiger charge is 2.57. The highest BCUT2D eigenvalue weighted by Crippen LogP contribution is 2.39. The molecular weight excluding hydrogens is 319 g/mol. The second-order valence-corrected chi connectivity index (χ2v) is 5.27. The third-order valence-corrected chi connectivity index (χ3v) is 3.83. The molecule has 1 N–H and O–H groups in total. The molecule has 1 aliphatic carbocycles. The van der Waals surface area contributed by atoms with Crippen LogP contribution in [0.1, 0.15) is 33.1 Å². The molecule has 2 atom stereocenters. The van der Waals surface area contributed by atoms with Crippen molar-refractivity contribution in [1.29, 1.82) is 0 Å². The summed E-state index contributed by atoms with van der Waals surface area (Å²) >= 11 is 0. The summed E-state index contributed by atoms with van der Waals surface area (Å²) in [5, 5.41) is 25.4. The molecule has 1 aliphatic rings. The molecule has 0 saturated heterocycles. The van der Waals surface area contributed by atoms with Gasteiger partial charge in [0.1, 0.15) is 0 Å². The highest BCUT2D eigenvalue weighted by atomic mass is 19.4. The van der Waals surface area contributed by atoms with E-state index in [0.717, 1.165) is 6.42 Å². The molecule has 0 radical (unpaired) electrons. The van der Waals surface area contributed by atoms with E-state index >= 15 is 0 Å². The first-order valence-electron chi connectivity index (χ1n) is 7.14. The zero-order valence-corrected chi connectivity index (χ0v) is 12.7. The Morgan fingerprint density at radius 2 is 1.91 bits per heavy atom. The van der Waals surface area contributed by atoms with Crippen molar-refractivity contribution in [3.05, 3.63) is 43.7 Å². The molecule has 0 heterocycles. The van der Waals surface area contributed by atoms with E-state index in [4.69, 9.17) is 0 Å². The van der Waals surface area contributed by atoms with Crippen LogP contribution in [0, 0.1) is 20.2 Å². The molecule has 1 rings (SSSR count). The van der Waals surface area contributed by atoms with E-state index in [2.05, 4.69) is 5.32 Å². The first-order valence-corrected chi connectivity index (χ1v) is 7.14. The number of nitrogens with zero attached hydrogens (tertiary/aromatic N) is 2. The number of allylic oxidation sites excluding steroid dienone is 2. The third kappa shape index (κ3) is 3.87. The van der Waals surface area contributed by atoms with Gasteiger partial charge in [0, 0.05) is 23.5 Å². The van der Waals surface area contributed by atoms with E-state index in [1.54, 1.807) is 0 Å². The van der Waals surface area contributed by atoms with Crippen molar-refractivity contribution < 1.29 is 23.0 Å². The van der Waals surface area contributed by atoms with Gasteiger partial charge < -0.3 is 0 Å². The Labute approximate surface area is 130 Å². The molecule has 0 bridgehead atoms. The van der Waals surface area contributed by atoms with Gasteiger partial charge in [-0.05, 0) is 13.0 Å². The number of halogens is 3. The van der Waals surface area contributed by atoms with E-state index in [0.29, 0.717) is 18.6 Å². The van der Waals surface area contributed by atoms with Crippen molar-refractivity contribution in [1.82, 2.24) is 5.32 Å². The van der Waals surface area contributed by atoms with Gasteiger partial charge in [0.25, 0.3) is 11.2 Å². The Morgan fingerprint density at radius 3 is 2.30 bits per heavy atom. The summed E-state index contributed by atoms with van der Waals surface area (Å²) < 4.78 is 38.9. The lowest BCUT2D eigenvalue weighted by Crippen LogP contribution is -2.58. The Kier molecular flexibility index (Phi) is 5.86. The summed E-state index contributed by atoms with van der Waals surface area (Å²) in [6.07, 6.45) is -3.02. The number of rotatable bonds is 7. The second kappa shape index (κ2) is 7.07. The van der Waals surface area contributed by atoms with E-state index in [1.807, 2.05) is 6.92 Å². The molecule has 0 aromatic carbocycles. The molecule has 23 heavy (non-hydrogen) atoms. The van der Waals surface area contributed by atoms with Crippen LogP contribution in [0.3, 0.4) is 0 Å². The van der Waals surface area contributed by atoms with Gasteiger partial charge in [0.05, 0.1) is 10.5 Å². The summed E-state index contributed by atoms with van der Waals surface area (Å²) in [7, 11) is 0. The minimum absolute atomic E-state index is 0.233. The predicted octanol–water partition coefficient (Wildman–Crippen LogP) is 2.83. The summed E-state index contributed by atoms with van der Waals surface area (Å²) in [5.74, 6) is 0. The van der Waals surface area contributed by atoms with Gasteiger partial charge in [0.2, 0.25) is 0 Å². The lowest BCUT2D eigenvalue weighted by Gasteiger charge is -2.32. The largest absolute Gasteiger partial charge is 0.416 e. The number of hydrogen-bond donors (Lipinski definition) is 1. The van der Waals surface area contributed by atoms with Crippen molar-refractivity contribution >= 4 is 0 Å². The molecule has 10 heteroatoms. The maximum Gasteiger partial charge on any atom is 0.416 e. The first kappa shape index (κ1) is 19.1. The van der Waals surface area contributed by atoms with Gasteiger partial charge >= 0.3 is 6.18 Å².